The van der Waals surface area contributed by atoms with Crippen molar-refractivity contribution < 1.29 is 0 Å². The standard InChI is InChI=1S/C16H17IN4/c1-3-20(4-2)13-9-12(17)10-14(11-13)21-16-8-6-5-7-15(16)18-19-21/h5-11H,3-4H2,1-2H3. The quantitative estimate of drug-likeness (QED) is 0.633. The number of aromatic nitrogens is 3. The van der Waals surface area contributed by atoms with Crippen molar-refractivity contribution in [3.05, 3.63) is 46.0 Å². The van der Waals surface area contributed by atoms with Gasteiger partial charge in [-0.2, -0.15) is 0 Å². The Balaban J connectivity index is 2.14. The smallest absolute Gasteiger partial charge is 0.113 e. The highest BCUT2D eigenvalue weighted by Gasteiger charge is 2.10. The number of anilines is 1. The normalized spacial score (nSPS) is 11.0. The monoisotopic (exact) mass is 392 g/mol. The van der Waals surface area contributed by atoms with Crippen LogP contribution in [0.5, 0.6) is 0 Å². The molecule has 0 saturated heterocycles. The second-order valence-corrected chi connectivity index (χ2v) is 6.08. The maximum atomic E-state index is 4.30. The van der Waals surface area contributed by atoms with E-state index in [1.165, 1.54) is 9.26 Å². The van der Waals surface area contributed by atoms with E-state index in [4.69, 9.17) is 0 Å². The Labute approximate surface area is 137 Å². The van der Waals surface area contributed by atoms with E-state index in [-0.39, 0.29) is 0 Å². The molecule has 0 aliphatic carbocycles. The summed E-state index contributed by atoms with van der Waals surface area (Å²) in [5.74, 6) is 0. The van der Waals surface area contributed by atoms with Gasteiger partial charge in [0.2, 0.25) is 0 Å². The maximum Gasteiger partial charge on any atom is 0.113 e. The molecule has 0 amide bonds. The minimum absolute atomic E-state index is 0.917. The van der Waals surface area contributed by atoms with E-state index < -0.39 is 0 Å². The third-order valence-electron chi connectivity index (χ3n) is 3.59. The molecule has 0 unspecified atom stereocenters. The van der Waals surface area contributed by atoms with E-state index in [1.807, 2.05) is 28.9 Å². The molecule has 0 bridgehead atoms. The number of fused-ring (bicyclic) bond motifs is 1. The van der Waals surface area contributed by atoms with Gasteiger partial charge in [0, 0.05) is 22.3 Å². The molecule has 21 heavy (non-hydrogen) atoms. The lowest BCUT2D eigenvalue weighted by Gasteiger charge is -2.22. The Hall–Kier alpha value is -1.63. The number of halogens is 1. The lowest BCUT2D eigenvalue weighted by Crippen LogP contribution is -2.22. The van der Waals surface area contributed by atoms with Crippen LogP contribution in [0.3, 0.4) is 0 Å². The topological polar surface area (TPSA) is 34.0 Å². The van der Waals surface area contributed by atoms with Crippen LogP contribution >= 0.6 is 22.6 Å². The minimum atomic E-state index is 0.917. The van der Waals surface area contributed by atoms with Gasteiger partial charge in [-0.15, -0.1) is 5.10 Å². The van der Waals surface area contributed by atoms with Gasteiger partial charge < -0.3 is 4.90 Å². The molecule has 3 aromatic rings. The molecule has 0 spiro atoms. The van der Waals surface area contributed by atoms with Gasteiger partial charge in [-0.1, -0.05) is 17.3 Å². The Morgan fingerprint density at radius 1 is 1.10 bits per heavy atom. The summed E-state index contributed by atoms with van der Waals surface area (Å²) in [4.78, 5) is 2.34. The molecular weight excluding hydrogens is 375 g/mol. The van der Waals surface area contributed by atoms with Gasteiger partial charge in [0.25, 0.3) is 0 Å². The predicted octanol–water partition coefficient (Wildman–Crippen LogP) is 3.87. The number of para-hydroxylation sites is 1. The summed E-state index contributed by atoms with van der Waals surface area (Å²) in [6, 6.07) is 14.5. The lowest BCUT2D eigenvalue weighted by atomic mass is 10.2. The van der Waals surface area contributed by atoms with Gasteiger partial charge in [-0.05, 0) is 66.8 Å². The molecular formula is C16H17IN4. The molecule has 0 N–H and O–H groups in total. The van der Waals surface area contributed by atoms with Crippen molar-refractivity contribution in [2.24, 2.45) is 0 Å². The summed E-state index contributed by atoms with van der Waals surface area (Å²) in [5, 5.41) is 8.54. The van der Waals surface area contributed by atoms with Crippen molar-refractivity contribution in [2.45, 2.75) is 13.8 Å². The van der Waals surface area contributed by atoms with Crippen LogP contribution in [0.2, 0.25) is 0 Å². The Kier molecular flexibility index (Phi) is 4.10. The number of nitrogens with zero attached hydrogens (tertiary/aromatic N) is 4. The summed E-state index contributed by atoms with van der Waals surface area (Å²) in [5.41, 5.74) is 4.23. The molecule has 3 rings (SSSR count). The first kappa shape index (κ1) is 14.3. The van der Waals surface area contributed by atoms with Gasteiger partial charge in [-0.25, -0.2) is 4.68 Å². The molecule has 2 aromatic carbocycles. The van der Waals surface area contributed by atoms with Crippen molar-refractivity contribution in [2.75, 3.05) is 18.0 Å². The molecule has 4 nitrogen and oxygen atoms in total. The molecule has 1 heterocycles. The fourth-order valence-electron chi connectivity index (χ4n) is 2.51. The SMILES string of the molecule is CCN(CC)c1cc(I)cc(-n2nnc3ccccc32)c1. The van der Waals surface area contributed by atoms with Gasteiger partial charge in [-0.3, -0.25) is 0 Å². The van der Waals surface area contributed by atoms with Crippen LogP contribution < -0.4 is 4.90 Å². The van der Waals surface area contributed by atoms with Crippen LogP contribution in [0, 0.1) is 3.57 Å². The zero-order valence-electron chi connectivity index (χ0n) is 12.1. The molecule has 0 aliphatic rings. The molecule has 1 aromatic heterocycles. The van der Waals surface area contributed by atoms with E-state index in [0.717, 1.165) is 29.8 Å². The average Bonchev–Trinajstić information content (AvgIpc) is 2.92. The van der Waals surface area contributed by atoms with Crippen molar-refractivity contribution >= 4 is 39.3 Å². The molecule has 108 valence electrons. The molecule has 0 fully saturated rings. The number of hydrogen-bond donors (Lipinski definition) is 0. The van der Waals surface area contributed by atoms with Gasteiger partial charge in [0.15, 0.2) is 0 Å². The Morgan fingerprint density at radius 3 is 2.62 bits per heavy atom. The average molecular weight is 392 g/mol. The third-order valence-corrected chi connectivity index (χ3v) is 4.22. The maximum absolute atomic E-state index is 4.30. The summed E-state index contributed by atoms with van der Waals surface area (Å²) in [6.45, 7) is 6.34. The van der Waals surface area contributed by atoms with Crippen molar-refractivity contribution in [1.82, 2.24) is 15.0 Å². The zero-order valence-corrected chi connectivity index (χ0v) is 14.3. The summed E-state index contributed by atoms with van der Waals surface area (Å²) in [7, 11) is 0. The fraction of sp³-hybridized carbons (Fsp3) is 0.250. The number of hydrogen-bond acceptors (Lipinski definition) is 3. The second-order valence-electron chi connectivity index (χ2n) is 4.83. The first-order valence-electron chi connectivity index (χ1n) is 7.09. The van der Waals surface area contributed by atoms with E-state index in [2.05, 4.69) is 69.8 Å². The minimum Gasteiger partial charge on any atom is -0.372 e. The molecule has 5 heteroatoms. The fourth-order valence-corrected chi connectivity index (χ4v) is 3.15. The van der Waals surface area contributed by atoms with Crippen molar-refractivity contribution in [3.63, 3.8) is 0 Å². The molecule has 0 saturated carbocycles. The van der Waals surface area contributed by atoms with Gasteiger partial charge in [0.1, 0.15) is 5.52 Å². The highest BCUT2D eigenvalue weighted by atomic mass is 127. The highest BCUT2D eigenvalue weighted by molar-refractivity contribution is 14.1. The van der Waals surface area contributed by atoms with E-state index in [9.17, 15) is 0 Å². The molecule has 0 aliphatic heterocycles. The van der Waals surface area contributed by atoms with Crippen molar-refractivity contribution in [3.8, 4) is 5.69 Å². The van der Waals surface area contributed by atoms with Gasteiger partial charge >= 0.3 is 0 Å². The van der Waals surface area contributed by atoms with E-state index in [1.54, 1.807) is 0 Å². The largest absolute Gasteiger partial charge is 0.372 e. The zero-order chi connectivity index (χ0) is 14.8. The molecule has 0 radical (unpaired) electrons. The Bertz CT molecular complexity index is 762. The van der Waals surface area contributed by atoms with Crippen molar-refractivity contribution in [1.29, 1.82) is 0 Å². The number of rotatable bonds is 4. The second kappa shape index (κ2) is 6.01. The Morgan fingerprint density at radius 2 is 1.86 bits per heavy atom. The predicted molar refractivity (Wildman–Crippen MR) is 95.1 cm³/mol. The van der Waals surface area contributed by atoms with Crippen LogP contribution in [-0.2, 0) is 0 Å². The first-order valence-corrected chi connectivity index (χ1v) is 8.17. The van der Waals surface area contributed by atoms with Crippen LogP contribution in [0.15, 0.2) is 42.5 Å². The van der Waals surface area contributed by atoms with E-state index in [0.29, 0.717) is 0 Å². The van der Waals surface area contributed by atoms with Crippen LogP contribution in [0.4, 0.5) is 5.69 Å². The summed E-state index contributed by atoms with van der Waals surface area (Å²) < 4.78 is 3.11. The third kappa shape index (κ3) is 2.74. The summed E-state index contributed by atoms with van der Waals surface area (Å²) >= 11 is 2.36. The van der Waals surface area contributed by atoms with E-state index >= 15 is 0 Å². The summed E-state index contributed by atoms with van der Waals surface area (Å²) in [6.07, 6.45) is 0. The van der Waals surface area contributed by atoms with Gasteiger partial charge in [0.05, 0.1) is 11.2 Å². The number of benzene rings is 2. The van der Waals surface area contributed by atoms with Crippen LogP contribution in [-0.4, -0.2) is 28.1 Å². The lowest BCUT2D eigenvalue weighted by molar-refractivity contribution is 0.818. The van der Waals surface area contributed by atoms with Crippen LogP contribution in [0.1, 0.15) is 13.8 Å². The highest BCUT2D eigenvalue weighted by Crippen LogP contribution is 2.24. The molecule has 0 atom stereocenters. The van der Waals surface area contributed by atoms with Crippen LogP contribution in [0.25, 0.3) is 16.7 Å². The first-order chi connectivity index (χ1) is 10.2.